The number of benzene rings is 3. The molecule has 4 rings (SSSR count). The first-order valence-corrected chi connectivity index (χ1v) is 13.4. The Kier molecular flexibility index (Phi) is 8.62. The van der Waals surface area contributed by atoms with Crippen LogP contribution in [-0.2, 0) is 21.4 Å². The third kappa shape index (κ3) is 6.44. The zero-order valence-electron chi connectivity index (χ0n) is 20.0. The van der Waals surface area contributed by atoms with Crippen molar-refractivity contribution in [1.29, 1.82) is 5.26 Å². The van der Waals surface area contributed by atoms with Gasteiger partial charge in [0.1, 0.15) is 5.75 Å². The van der Waals surface area contributed by atoms with Crippen LogP contribution < -0.4 is 4.74 Å². The minimum Gasteiger partial charge on any atom is -0.497 e. The molecule has 0 aliphatic carbocycles. The Morgan fingerprint density at radius 2 is 1.72 bits per heavy atom. The number of piperazine rings is 1. The van der Waals surface area contributed by atoms with E-state index in [0.29, 0.717) is 49.9 Å². The highest BCUT2D eigenvalue weighted by atomic mass is 35.5. The number of ether oxygens (including phenoxy) is 2. The molecule has 0 aromatic heterocycles. The fourth-order valence-electron chi connectivity index (χ4n) is 4.13. The third-order valence-electron chi connectivity index (χ3n) is 6.19. The molecule has 0 saturated carbocycles. The molecule has 7 nitrogen and oxygen atoms in total. The topological polar surface area (TPSA) is 82.9 Å². The highest BCUT2D eigenvalue weighted by molar-refractivity contribution is 7.89. The van der Waals surface area contributed by atoms with Gasteiger partial charge >= 0.3 is 0 Å². The predicted octanol–water partition coefficient (Wildman–Crippen LogP) is 4.48. The van der Waals surface area contributed by atoms with Crippen LogP contribution in [0.15, 0.2) is 77.7 Å². The molecule has 1 fully saturated rings. The van der Waals surface area contributed by atoms with Crippen LogP contribution >= 0.6 is 11.6 Å². The maximum Gasteiger partial charge on any atom is 0.243 e. The number of halogens is 1. The third-order valence-corrected chi connectivity index (χ3v) is 8.32. The van der Waals surface area contributed by atoms with Gasteiger partial charge in [-0.25, -0.2) is 8.42 Å². The number of nitrogens with zero attached hydrogens (tertiary/aromatic N) is 3. The average Bonchev–Trinajstić information content (AvgIpc) is 2.91. The molecule has 3 aromatic carbocycles. The van der Waals surface area contributed by atoms with Crippen molar-refractivity contribution in [2.45, 2.75) is 17.6 Å². The summed E-state index contributed by atoms with van der Waals surface area (Å²) in [6, 6.07) is 23.6. The summed E-state index contributed by atoms with van der Waals surface area (Å²) >= 11 is 6.01. The van der Waals surface area contributed by atoms with Crippen LogP contribution in [-0.4, -0.2) is 57.5 Å². The quantitative estimate of drug-likeness (QED) is 0.409. The van der Waals surface area contributed by atoms with Crippen molar-refractivity contribution < 1.29 is 17.9 Å². The zero-order chi connectivity index (χ0) is 25.5. The molecule has 1 heterocycles. The first kappa shape index (κ1) is 26.1. The smallest absolute Gasteiger partial charge is 0.243 e. The summed E-state index contributed by atoms with van der Waals surface area (Å²) in [7, 11) is -1.97. The number of hydrogen-bond acceptors (Lipinski definition) is 6. The van der Waals surface area contributed by atoms with Gasteiger partial charge in [0.15, 0.2) is 0 Å². The van der Waals surface area contributed by atoms with Gasteiger partial charge in [-0.05, 0) is 53.6 Å². The number of methoxy groups -OCH3 is 1. The molecule has 1 aliphatic heterocycles. The van der Waals surface area contributed by atoms with Crippen LogP contribution in [0.5, 0.6) is 5.75 Å². The second-order valence-electron chi connectivity index (χ2n) is 8.55. The van der Waals surface area contributed by atoms with Crippen LogP contribution in [0.4, 0.5) is 0 Å². The fourth-order valence-corrected chi connectivity index (χ4v) is 5.86. The second kappa shape index (κ2) is 11.9. The normalized spacial score (nSPS) is 15.8. The standard InChI is InChI=1S/C27H28ClN3O4S/c1-34-25-6-2-4-23(16-25)27(35-20-22-10-8-21(18-29)9-11-22)19-30-12-14-31(15-13-30)36(32,33)26-7-3-5-24(28)17-26/h2-11,16-17,27H,12-15,19-20H2,1H3/t27-/m0/s1. The van der Waals surface area contributed by atoms with Crippen LogP contribution in [0.3, 0.4) is 0 Å². The Morgan fingerprint density at radius 1 is 1.00 bits per heavy atom. The van der Waals surface area contributed by atoms with Crippen molar-refractivity contribution in [2.75, 3.05) is 39.8 Å². The number of nitriles is 1. The van der Waals surface area contributed by atoms with E-state index in [1.807, 2.05) is 36.4 Å². The first-order valence-electron chi connectivity index (χ1n) is 11.6. The van der Waals surface area contributed by atoms with Gasteiger partial charge in [-0.2, -0.15) is 9.57 Å². The molecule has 0 bridgehead atoms. The lowest BCUT2D eigenvalue weighted by Gasteiger charge is -2.36. The summed E-state index contributed by atoms with van der Waals surface area (Å²) in [4.78, 5) is 2.43. The summed E-state index contributed by atoms with van der Waals surface area (Å²) in [5.74, 6) is 0.747. The maximum absolute atomic E-state index is 13.1. The molecule has 1 saturated heterocycles. The van der Waals surface area contributed by atoms with Crippen LogP contribution in [0.1, 0.15) is 22.8 Å². The van der Waals surface area contributed by atoms with Gasteiger partial charge in [-0.3, -0.25) is 4.90 Å². The first-order chi connectivity index (χ1) is 17.4. The summed E-state index contributed by atoms with van der Waals surface area (Å²) in [5, 5.41) is 9.43. The van der Waals surface area contributed by atoms with Crippen molar-refractivity contribution in [3.05, 3.63) is 94.5 Å². The monoisotopic (exact) mass is 525 g/mol. The molecule has 0 spiro atoms. The van der Waals surface area contributed by atoms with E-state index in [2.05, 4.69) is 11.0 Å². The lowest BCUT2D eigenvalue weighted by molar-refractivity contribution is 0.00763. The maximum atomic E-state index is 13.1. The van der Waals surface area contributed by atoms with Gasteiger partial charge in [0.05, 0.1) is 36.3 Å². The Labute approximate surface area is 217 Å². The predicted molar refractivity (Wildman–Crippen MR) is 138 cm³/mol. The lowest BCUT2D eigenvalue weighted by atomic mass is 10.1. The van der Waals surface area contributed by atoms with E-state index in [4.69, 9.17) is 26.3 Å². The summed E-state index contributed by atoms with van der Waals surface area (Å²) in [6.07, 6.45) is -0.244. The molecule has 0 radical (unpaired) electrons. The Bertz CT molecular complexity index is 1320. The zero-order valence-corrected chi connectivity index (χ0v) is 21.6. The van der Waals surface area contributed by atoms with Crippen LogP contribution in [0, 0.1) is 11.3 Å². The van der Waals surface area contributed by atoms with Gasteiger partial charge in [0.25, 0.3) is 0 Å². The van der Waals surface area contributed by atoms with Crippen molar-refractivity contribution in [3.63, 3.8) is 0 Å². The molecule has 0 unspecified atom stereocenters. The van der Waals surface area contributed by atoms with Crippen molar-refractivity contribution >= 4 is 21.6 Å². The average molecular weight is 526 g/mol. The largest absolute Gasteiger partial charge is 0.497 e. The van der Waals surface area contributed by atoms with Crippen LogP contribution in [0.2, 0.25) is 5.02 Å². The molecule has 0 N–H and O–H groups in total. The van der Waals surface area contributed by atoms with Gasteiger partial charge < -0.3 is 9.47 Å². The minimum atomic E-state index is -3.60. The van der Waals surface area contributed by atoms with E-state index in [1.165, 1.54) is 10.4 Å². The molecule has 36 heavy (non-hydrogen) atoms. The van der Waals surface area contributed by atoms with Gasteiger partial charge in [-0.1, -0.05) is 41.9 Å². The summed E-state index contributed by atoms with van der Waals surface area (Å²) in [5.41, 5.74) is 2.56. The molecule has 1 atom stereocenters. The van der Waals surface area contributed by atoms with E-state index in [9.17, 15) is 8.42 Å². The molecular formula is C27H28ClN3O4S. The van der Waals surface area contributed by atoms with Crippen LogP contribution in [0.25, 0.3) is 0 Å². The molecule has 3 aromatic rings. The van der Waals surface area contributed by atoms with Gasteiger partial charge in [0.2, 0.25) is 10.0 Å². The van der Waals surface area contributed by atoms with E-state index < -0.39 is 10.0 Å². The lowest BCUT2D eigenvalue weighted by Crippen LogP contribution is -2.49. The summed E-state index contributed by atoms with van der Waals surface area (Å²) in [6.45, 7) is 2.93. The van der Waals surface area contributed by atoms with E-state index in [1.54, 1.807) is 37.4 Å². The molecular weight excluding hydrogens is 498 g/mol. The fraction of sp³-hybridized carbons (Fsp3) is 0.296. The van der Waals surface area contributed by atoms with Gasteiger partial charge in [-0.15, -0.1) is 0 Å². The number of rotatable bonds is 9. The van der Waals surface area contributed by atoms with Crippen molar-refractivity contribution in [3.8, 4) is 11.8 Å². The summed E-state index contributed by atoms with van der Waals surface area (Å²) < 4.78 is 39.4. The molecule has 0 amide bonds. The van der Waals surface area contributed by atoms with E-state index in [0.717, 1.165) is 16.9 Å². The molecule has 9 heteroatoms. The number of hydrogen-bond donors (Lipinski definition) is 0. The number of sulfonamides is 1. The SMILES string of the molecule is COc1cccc([C@H](CN2CCN(S(=O)(=O)c3cccc(Cl)c3)CC2)OCc2ccc(C#N)cc2)c1. The highest BCUT2D eigenvalue weighted by Crippen LogP contribution is 2.26. The van der Waals surface area contributed by atoms with Gasteiger partial charge in [0, 0.05) is 37.7 Å². The molecule has 188 valence electrons. The molecule has 1 aliphatic rings. The highest BCUT2D eigenvalue weighted by Gasteiger charge is 2.30. The Balaban J connectivity index is 1.44. The Morgan fingerprint density at radius 3 is 2.39 bits per heavy atom. The van der Waals surface area contributed by atoms with E-state index >= 15 is 0 Å². The van der Waals surface area contributed by atoms with Crippen molar-refractivity contribution in [2.24, 2.45) is 0 Å². The minimum absolute atomic E-state index is 0.212. The second-order valence-corrected chi connectivity index (χ2v) is 10.9. The van der Waals surface area contributed by atoms with Crippen molar-refractivity contribution in [1.82, 2.24) is 9.21 Å². The Hall–Kier alpha value is -2.93. The van der Waals surface area contributed by atoms with E-state index in [-0.39, 0.29) is 11.0 Å².